The molecule has 0 radical (unpaired) electrons. The van der Waals surface area contributed by atoms with E-state index in [2.05, 4.69) is 15.9 Å². The second kappa shape index (κ2) is 5.40. The number of rotatable bonds is 2. The summed E-state index contributed by atoms with van der Waals surface area (Å²) in [6.07, 6.45) is 0. The molecule has 0 saturated carbocycles. The van der Waals surface area contributed by atoms with Crippen LogP contribution in [0.15, 0.2) is 46.9 Å². The van der Waals surface area contributed by atoms with Crippen LogP contribution < -0.4 is 5.73 Å². The maximum Gasteiger partial charge on any atom is 0.0643 e. The molecule has 1 nitrogen and oxygen atoms in total. The van der Waals surface area contributed by atoms with E-state index in [4.69, 9.17) is 28.9 Å². The molecule has 0 fully saturated rings. The summed E-state index contributed by atoms with van der Waals surface area (Å²) < 4.78 is 1.02. The van der Waals surface area contributed by atoms with Gasteiger partial charge in [-0.05, 0) is 29.3 Å². The summed E-state index contributed by atoms with van der Waals surface area (Å²) in [7, 11) is 0. The fourth-order valence-corrected chi connectivity index (χ4v) is 2.30. The molecule has 0 spiro atoms. The largest absolute Gasteiger partial charge is 0.320 e. The van der Waals surface area contributed by atoms with Crippen LogP contribution in [0.4, 0.5) is 0 Å². The Hall–Kier alpha value is -0.540. The summed E-state index contributed by atoms with van der Waals surface area (Å²) in [6.45, 7) is 0. The Labute approximate surface area is 119 Å². The first-order chi connectivity index (χ1) is 8.09. The maximum absolute atomic E-state index is 6.18. The van der Waals surface area contributed by atoms with Crippen LogP contribution in [0.5, 0.6) is 0 Å². The predicted molar refractivity (Wildman–Crippen MR) is 76.6 cm³/mol. The van der Waals surface area contributed by atoms with Gasteiger partial charge in [0, 0.05) is 4.47 Å². The van der Waals surface area contributed by atoms with Gasteiger partial charge in [0.25, 0.3) is 0 Å². The molecule has 0 amide bonds. The van der Waals surface area contributed by atoms with E-state index in [0.717, 1.165) is 15.6 Å². The Morgan fingerprint density at radius 2 is 1.65 bits per heavy atom. The second-order valence-electron chi connectivity index (χ2n) is 3.67. The van der Waals surface area contributed by atoms with E-state index in [9.17, 15) is 0 Å². The minimum absolute atomic E-state index is 0.269. The lowest BCUT2D eigenvalue weighted by atomic mass is 10.00. The number of nitrogens with two attached hydrogens (primary N) is 1. The monoisotopic (exact) mass is 329 g/mol. The van der Waals surface area contributed by atoms with Crippen molar-refractivity contribution < 1.29 is 0 Å². The van der Waals surface area contributed by atoms with Gasteiger partial charge in [0.05, 0.1) is 16.1 Å². The highest BCUT2D eigenvalue weighted by atomic mass is 79.9. The topological polar surface area (TPSA) is 26.0 Å². The molecule has 1 atom stereocenters. The molecule has 0 aromatic heterocycles. The van der Waals surface area contributed by atoms with E-state index in [1.54, 1.807) is 6.07 Å². The van der Waals surface area contributed by atoms with Crippen LogP contribution in [0.2, 0.25) is 10.0 Å². The molecule has 0 aliphatic carbocycles. The Morgan fingerprint density at radius 3 is 2.29 bits per heavy atom. The minimum atomic E-state index is -0.269. The van der Waals surface area contributed by atoms with Gasteiger partial charge in [0.2, 0.25) is 0 Å². The fraction of sp³-hybridized carbons (Fsp3) is 0.0769. The molecular formula is C13H10BrCl2N. The van der Waals surface area contributed by atoms with Crippen molar-refractivity contribution in [2.24, 2.45) is 5.73 Å². The Morgan fingerprint density at radius 1 is 1.00 bits per heavy atom. The molecule has 4 heteroatoms. The van der Waals surface area contributed by atoms with E-state index >= 15 is 0 Å². The van der Waals surface area contributed by atoms with Gasteiger partial charge in [-0.2, -0.15) is 0 Å². The van der Waals surface area contributed by atoms with Crippen molar-refractivity contribution in [1.29, 1.82) is 0 Å². The van der Waals surface area contributed by atoms with Gasteiger partial charge in [-0.15, -0.1) is 0 Å². The summed E-state index contributed by atoms with van der Waals surface area (Å²) in [4.78, 5) is 0. The summed E-state index contributed by atoms with van der Waals surface area (Å²) >= 11 is 15.5. The summed E-state index contributed by atoms with van der Waals surface area (Å²) in [5, 5.41) is 1.04. The molecule has 88 valence electrons. The molecular weight excluding hydrogens is 321 g/mol. The fourth-order valence-electron chi connectivity index (χ4n) is 1.61. The zero-order valence-corrected chi connectivity index (χ0v) is 11.9. The second-order valence-corrected chi connectivity index (χ2v) is 5.37. The van der Waals surface area contributed by atoms with Crippen LogP contribution in [-0.2, 0) is 0 Å². The van der Waals surface area contributed by atoms with Crippen LogP contribution >= 0.6 is 39.1 Å². The number of halogens is 3. The van der Waals surface area contributed by atoms with E-state index in [1.165, 1.54) is 0 Å². The highest BCUT2D eigenvalue weighted by Gasteiger charge is 2.13. The highest BCUT2D eigenvalue weighted by molar-refractivity contribution is 9.10. The summed E-state index contributed by atoms with van der Waals surface area (Å²) in [6, 6.07) is 13.1. The molecule has 0 aliphatic heterocycles. The van der Waals surface area contributed by atoms with Gasteiger partial charge in [-0.25, -0.2) is 0 Å². The molecule has 2 rings (SSSR count). The van der Waals surface area contributed by atoms with E-state index in [-0.39, 0.29) is 6.04 Å². The van der Waals surface area contributed by atoms with Crippen molar-refractivity contribution in [3.05, 3.63) is 68.1 Å². The molecule has 2 aromatic rings. The average Bonchev–Trinajstić information content (AvgIpc) is 2.33. The van der Waals surface area contributed by atoms with Gasteiger partial charge in [0.1, 0.15) is 0 Å². The van der Waals surface area contributed by atoms with Gasteiger partial charge >= 0.3 is 0 Å². The van der Waals surface area contributed by atoms with Gasteiger partial charge in [0.15, 0.2) is 0 Å². The zero-order valence-electron chi connectivity index (χ0n) is 8.83. The van der Waals surface area contributed by atoms with Gasteiger partial charge in [-0.3, -0.25) is 0 Å². The molecule has 17 heavy (non-hydrogen) atoms. The molecule has 2 N–H and O–H groups in total. The lowest BCUT2D eigenvalue weighted by Crippen LogP contribution is -2.12. The van der Waals surface area contributed by atoms with Crippen LogP contribution in [-0.4, -0.2) is 0 Å². The van der Waals surface area contributed by atoms with Crippen LogP contribution in [0, 0.1) is 0 Å². The van der Waals surface area contributed by atoms with Crippen molar-refractivity contribution in [1.82, 2.24) is 0 Å². The Balaban J connectivity index is 2.40. The lowest BCUT2D eigenvalue weighted by molar-refractivity contribution is 0.871. The van der Waals surface area contributed by atoms with Crippen LogP contribution in [0.3, 0.4) is 0 Å². The smallest absolute Gasteiger partial charge is 0.0643 e. The van der Waals surface area contributed by atoms with E-state index in [0.29, 0.717) is 10.0 Å². The van der Waals surface area contributed by atoms with Crippen molar-refractivity contribution in [2.75, 3.05) is 0 Å². The van der Waals surface area contributed by atoms with Crippen LogP contribution in [0.1, 0.15) is 17.2 Å². The van der Waals surface area contributed by atoms with E-state index in [1.807, 2.05) is 36.4 Å². The van der Waals surface area contributed by atoms with E-state index < -0.39 is 0 Å². The standard InChI is InChI=1S/C13H10BrCl2N/c14-9-6-4-8(5-7-9)13(17)10-2-1-3-11(15)12(10)16/h1-7,13H,17H2. The number of hydrogen-bond donors (Lipinski definition) is 1. The molecule has 1 unspecified atom stereocenters. The summed E-state index contributed by atoms with van der Waals surface area (Å²) in [5.74, 6) is 0. The third-order valence-electron chi connectivity index (χ3n) is 2.55. The average molecular weight is 331 g/mol. The van der Waals surface area contributed by atoms with Gasteiger partial charge in [-0.1, -0.05) is 63.4 Å². The molecule has 0 aliphatic rings. The predicted octanol–water partition coefficient (Wildman–Crippen LogP) is 4.80. The third-order valence-corrected chi connectivity index (χ3v) is 3.91. The number of hydrogen-bond acceptors (Lipinski definition) is 1. The summed E-state index contributed by atoms with van der Waals surface area (Å²) in [5.41, 5.74) is 8.01. The molecule has 0 saturated heterocycles. The zero-order chi connectivity index (χ0) is 12.4. The quantitative estimate of drug-likeness (QED) is 0.840. The Bertz CT molecular complexity index is 525. The first-order valence-corrected chi connectivity index (χ1v) is 6.59. The van der Waals surface area contributed by atoms with Crippen molar-refractivity contribution in [2.45, 2.75) is 6.04 Å². The highest BCUT2D eigenvalue weighted by Crippen LogP contribution is 2.32. The third kappa shape index (κ3) is 2.83. The van der Waals surface area contributed by atoms with Crippen molar-refractivity contribution >= 4 is 39.1 Å². The van der Waals surface area contributed by atoms with Crippen LogP contribution in [0.25, 0.3) is 0 Å². The number of benzene rings is 2. The van der Waals surface area contributed by atoms with Gasteiger partial charge < -0.3 is 5.73 Å². The molecule has 2 aromatic carbocycles. The Kier molecular flexibility index (Phi) is 4.10. The first-order valence-electron chi connectivity index (χ1n) is 5.04. The van der Waals surface area contributed by atoms with Crippen molar-refractivity contribution in [3.8, 4) is 0 Å². The van der Waals surface area contributed by atoms with Crippen molar-refractivity contribution in [3.63, 3.8) is 0 Å². The molecule has 0 bridgehead atoms. The first kappa shape index (κ1) is 12.9. The maximum atomic E-state index is 6.18. The minimum Gasteiger partial charge on any atom is -0.320 e. The SMILES string of the molecule is NC(c1ccc(Br)cc1)c1cccc(Cl)c1Cl. The molecule has 0 heterocycles. The lowest BCUT2D eigenvalue weighted by Gasteiger charge is -2.15. The normalized spacial score (nSPS) is 12.5.